The molecule has 0 saturated carbocycles. The Labute approximate surface area is 142 Å². The van der Waals surface area contributed by atoms with E-state index in [2.05, 4.69) is 0 Å². The average molecular weight is 357 g/mol. The summed E-state index contributed by atoms with van der Waals surface area (Å²) in [4.78, 5) is 10.7. The molecule has 134 valence electrons. The molecule has 1 atom stereocenters. The van der Waals surface area contributed by atoms with Crippen molar-refractivity contribution in [2.75, 3.05) is 26.9 Å². The van der Waals surface area contributed by atoms with Gasteiger partial charge in [0.15, 0.2) is 0 Å². The first-order chi connectivity index (χ1) is 11.4. The smallest absolute Gasteiger partial charge is 0.329 e. The van der Waals surface area contributed by atoms with Crippen LogP contribution in [0.5, 0.6) is 5.75 Å². The third kappa shape index (κ3) is 4.68. The molecule has 1 aromatic carbocycles. The summed E-state index contributed by atoms with van der Waals surface area (Å²) in [6, 6.07) is 6.17. The molecule has 1 aromatic rings. The van der Waals surface area contributed by atoms with Gasteiger partial charge >= 0.3 is 5.97 Å². The Kier molecular flexibility index (Phi) is 6.59. The number of aliphatic carboxylic acids is 1. The number of carboxylic acid groups (broad SMARTS) is 1. The summed E-state index contributed by atoms with van der Waals surface area (Å²) in [7, 11) is -2.05. The first kappa shape index (κ1) is 18.7. The second kappa shape index (κ2) is 8.46. The number of rotatable bonds is 8. The molecule has 2 rings (SSSR count). The molecular formula is C16H23NO6S. The van der Waals surface area contributed by atoms with Crippen LogP contribution in [0.4, 0.5) is 0 Å². The number of ether oxygens (including phenoxy) is 2. The predicted octanol–water partition coefficient (Wildman–Crippen LogP) is 1.73. The molecule has 0 amide bonds. The van der Waals surface area contributed by atoms with Gasteiger partial charge in [0, 0.05) is 19.2 Å². The van der Waals surface area contributed by atoms with Crippen molar-refractivity contribution in [1.29, 1.82) is 0 Å². The standard InChI is InChI=1S/C16H23NO6S/c1-22-14-5-7-15(8-6-14)24(20,21)17-10-3-2-4-13(17)9-11-23-12-16(18)19/h5-8,13H,2-4,9-12H2,1H3,(H,18,19). The quantitative estimate of drug-likeness (QED) is 0.712. The molecule has 1 saturated heterocycles. The molecule has 1 N–H and O–H groups in total. The van der Waals surface area contributed by atoms with E-state index in [1.165, 1.54) is 11.4 Å². The van der Waals surface area contributed by atoms with Crippen molar-refractivity contribution >= 4 is 16.0 Å². The maximum atomic E-state index is 12.9. The molecule has 1 fully saturated rings. The highest BCUT2D eigenvalue weighted by Crippen LogP contribution is 2.28. The van der Waals surface area contributed by atoms with E-state index >= 15 is 0 Å². The molecule has 0 bridgehead atoms. The van der Waals surface area contributed by atoms with Gasteiger partial charge in [0.1, 0.15) is 12.4 Å². The third-order valence-electron chi connectivity index (χ3n) is 4.06. The van der Waals surface area contributed by atoms with E-state index in [0.29, 0.717) is 18.7 Å². The molecule has 1 unspecified atom stereocenters. The highest BCUT2D eigenvalue weighted by atomic mass is 32.2. The molecular weight excluding hydrogens is 334 g/mol. The van der Waals surface area contributed by atoms with Gasteiger partial charge < -0.3 is 14.6 Å². The highest BCUT2D eigenvalue weighted by Gasteiger charge is 2.33. The minimum Gasteiger partial charge on any atom is -0.497 e. The van der Waals surface area contributed by atoms with Crippen LogP contribution in [0.3, 0.4) is 0 Å². The van der Waals surface area contributed by atoms with Crippen LogP contribution in [0.25, 0.3) is 0 Å². The first-order valence-corrected chi connectivity index (χ1v) is 9.34. The first-order valence-electron chi connectivity index (χ1n) is 7.90. The number of hydrogen-bond acceptors (Lipinski definition) is 5. The van der Waals surface area contributed by atoms with Crippen LogP contribution in [0.1, 0.15) is 25.7 Å². The van der Waals surface area contributed by atoms with Crippen LogP contribution >= 0.6 is 0 Å². The van der Waals surface area contributed by atoms with Gasteiger partial charge in [0.2, 0.25) is 10.0 Å². The minimum atomic E-state index is -3.58. The fraction of sp³-hybridized carbons (Fsp3) is 0.562. The summed E-state index contributed by atoms with van der Waals surface area (Å²) in [5, 5.41) is 8.58. The van der Waals surface area contributed by atoms with E-state index in [4.69, 9.17) is 14.6 Å². The molecule has 0 aromatic heterocycles. The van der Waals surface area contributed by atoms with E-state index in [1.54, 1.807) is 24.3 Å². The molecule has 7 nitrogen and oxygen atoms in total. The molecule has 24 heavy (non-hydrogen) atoms. The van der Waals surface area contributed by atoms with Crippen molar-refractivity contribution < 1.29 is 27.8 Å². The van der Waals surface area contributed by atoms with Crippen LogP contribution < -0.4 is 4.74 Å². The predicted molar refractivity (Wildman–Crippen MR) is 87.6 cm³/mol. The van der Waals surface area contributed by atoms with Gasteiger partial charge in [-0.2, -0.15) is 4.31 Å². The normalized spacial score (nSPS) is 19.1. The van der Waals surface area contributed by atoms with Crippen LogP contribution in [-0.4, -0.2) is 56.7 Å². The van der Waals surface area contributed by atoms with Crippen LogP contribution in [-0.2, 0) is 19.6 Å². The van der Waals surface area contributed by atoms with Crippen molar-refractivity contribution in [3.8, 4) is 5.75 Å². The molecule has 1 aliphatic rings. The summed E-state index contributed by atoms with van der Waals surface area (Å²) < 4.78 is 37.4. The van der Waals surface area contributed by atoms with E-state index in [-0.39, 0.29) is 24.2 Å². The summed E-state index contributed by atoms with van der Waals surface area (Å²) in [5.74, 6) is -0.424. The zero-order chi connectivity index (χ0) is 17.6. The average Bonchev–Trinajstić information content (AvgIpc) is 2.59. The lowest BCUT2D eigenvalue weighted by atomic mass is 10.0. The van der Waals surface area contributed by atoms with Crippen molar-refractivity contribution in [3.05, 3.63) is 24.3 Å². The highest BCUT2D eigenvalue weighted by molar-refractivity contribution is 7.89. The topological polar surface area (TPSA) is 93.1 Å². The lowest BCUT2D eigenvalue weighted by Crippen LogP contribution is -2.44. The SMILES string of the molecule is COc1ccc(S(=O)(=O)N2CCCCC2CCOCC(=O)O)cc1. The zero-order valence-corrected chi connectivity index (χ0v) is 14.5. The Morgan fingerprint density at radius 3 is 2.62 bits per heavy atom. The Balaban J connectivity index is 2.08. The van der Waals surface area contributed by atoms with Crippen LogP contribution in [0, 0.1) is 0 Å². The number of benzene rings is 1. The van der Waals surface area contributed by atoms with E-state index in [0.717, 1.165) is 19.3 Å². The van der Waals surface area contributed by atoms with Crippen molar-refractivity contribution in [2.45, 2.75) is 36.6 Å². The molecule has 1 heterocycles. The Morgan fingerprint density at radius 2 is 2.00 bits per heavy atom. The monoisotopic (exact) mass is 357 g/mol. The van der Waals surface area contributed by atoms with Crippen molar-refractivity contribution in [2.24, 2.45) is 0 Å². The fourth-order valence-corrected chi connectivity index (χ4v) is 4.56. The number of piperidine rings is 1. The van der Waals surface area contributed by atoms with Crippen LogP contribution in [0.15, 0.2) is 29.2 Å². The lowest BCUT2D eigenvalue weighted by Gasteiger charge is -2.34. The van der Waals surface area contributed by atoms with Crippen molar-refractivity contribution in [3.63, 3.8) is 0 Å². The van der Waals surface area contributed by atoms with Crippen LogP contribution in [0.2, 0.25) is 0 Å². The van der Waals surface area contributed by atoms with Crippen molar-refractivity contribution in [1.82, 2.24) is 4.31 Å². The molecule has 8 heteroatoms. The van der Waals surface area contributed by atoms with Gasteiger partial charge in [-0.05, 0) is 43.5 Å². The number of methoxy groups -OCH3 is 1. The third-order valence-corrected chi connectivity index (χ3v) is 6.03. The second-order valence-electron chi connectivity index (χ2n) is 5.68. The van der Waals surface area contributed by atoms with Gasteiger partial charge in [-0.15, -0.1) is 0 Å². The molecule has 0 spiro atoms. The Hall–Kier alpha value is -1.64. The minimum absolute atomic E-state index is 0.167. The number of carboxylic acids is 1. The molecule has 0 radical (unpaired) electrons. The lowest BCUT2D eigenvalue weighted by molar-refractivity contribution is -0.142. The maximum absolute atomic E-state index is 12.9. The number of carbonyl (C=O) groups is 1. The van der Waals surface area contributed by atoms with Gasteiger partial charge in [-0.1, -0.05) is 6.42 Å². The molecule has 1 aliphatic heterocycles. The van der Waals surface area contributed by atoms with E-state index in [1.807, 2.05) is 0 Å². The fourth-order valence-electron chi connectivity index (χ4n) is 2.84. The summed E-state index contributed by atoms with van der Waals surface area (Å²) in [5.41, 5.74) is 0. The van der Waals surface area contributed by atoms with E-state index < -0.39 is 16.0 Å². The van der Waals surface area contributed by atoms with E-state index in [9.17, 15) is 13.2 Å². The summed E-state index contributed by atoms with van der Waals surface area (Å²) >= 11 is 0. The summed E-state index contributed by atoms with van der Waals surface area (Å²) in [6.07, 6.45) is 3.02. The summed E-state index contributed by atoms with van der Waals surface area (Å²) in [6.45, 7) is 0.335. The number of sulfonamides is 1. The largest absolute Gasteiger partial charge is 0.497 e. The Bertz CT molecular complexity index is 643. The number of nitrogens with zero attached hydrogens (tertiary/aromatic N) is 1. The van der Waals surface area contributed by atoms with Gasteiger partial charge in [0.25, 0.3) is 0 Å². The maximum Gasteiger partial charge on any atom is 0.329 e. The second-order valence-corrected chi connectivity index (χ2v) is 7.57. The van der Waals surface area contributed by atoms with Gasteiger partial charge in [0.05, 0.1) is 12.0 Å². The molecule has 0 aliphatic carbocycles. The van der Waals surface area contributed by atoms with Gasteiger partial charge in [-0.3, -0.25) is 0 Å². The Morgan fingerprint density at radius 1 is 1.29 bits per heavy atom. The zero-order valence-electron chi connectivity index (χ0n) is 13.7. The van der Waals surface area contributed by atoms with Gasteiger partial charge in [-0.25, -0.2) is 13.2 Å². The number of hydrogen-bond donors (Lipinski definition) is 1.